The molecule has 2 unspecified atom stereocenters. The Kier molecular flexibility index (Phi) is 4.16. The van der Waals surface area contributed by atoms with Crippen molar-refractivity contribution in [2.45, 2.75) is 39.3 Å². The molecule has 0 aromatic heterocycles. The van der Waals surface area contributed by atoms with Crippen molar-refractivity contribution in [3.05, 3.63) is 34.3 Å². The normalized spacial score (nSPS) is 23.5. The highest BCUT2D eigenvalue weighted by atomic mass is 35.5. The fourth-order valence-corrected chi connectivity index (χ4v) is 2.83. The molecule has 1 aromatic carbocycles. The lowest BCUT2D eigenvalue weighted by atomic mass is 9.99. The molecular formula is C15H21ClN2O. The number of hydrogen-bond donors (Lipinski definition) is 1. The SMILES string of the molecule is Cc1ccc(C2C(N)CC(=O)N2CC(C)C)cc1Cl. The molecule has 1 aliphatic rings. The summed E-state index contributed by atoms with van der Waals surface area (Å²) < 4.78 is 0. The highest BCUT2D eigenvalue weighted by molar-refractivity contribution is 6.31. The number of aryl methyl sites for hydroxylation is 1. The molecule has 0 aliphatic carbocycles. The Morgan fingerprint density at radius 3 is 2.74 bits per heavy atom. The van der Waals surface area contributed by atoms with E-state index in [0.717, 1.165) is 22.7 Å². The summed E-state index contributed by atoms with van der Waals surface area (Å²) in [5, 5.41) is 0.730. The van der Waals surface area contributed by atoms with Crippen LogP contribution in [0.4, 0.5) is 0 Å². The molecule has 4 heteroatoms. The molecule has 1 saturated heterocycles. The van der Waals surface area contributed by atoms with Gasteiger partial charge in [-0.3, -0.25) is 4.79 Å². The van der Waals surface area contributed by atoms with Gasteiger partial charge in [0.15, 0.2) is 0 Å². The van der Waals surface area contributed by atoms with Crippen molar-refractivity contribution in [2.24, 2.45) is 11.7 Å². The molecule has 2 N–H and O–H groups in total. The number of carbonyl (C=O) groups excluding carboxylic acids is 1. The highest BCUT2D eigenvalue weighted by Gasteiger charge is 2.38. The van der Waals surface area contributed by atoms with Crippen molar-refractivity contribution < 1.29 is 4.79 Å². The first kappa shape index (κ1) is 14.4. The zero-order valence-electron chi connectivity index (χ0n) is 11.7. The number of nitrogens with zero attached hydrogens (tertiary/aromatic N) is 1. The smallest absolute Gasteiger partial charge is 0.224 e. The predicted octanol–water partition coefficient (Wildman–Crippen LogP) is 2.91. The number of rotatable bonds is 3. The Balaban J connectivity index is 2.33. The van der Waals surface area contributed by atoms with E-state index in [-0.39, 0.29) is 18.0 Å². The molecule has 2 atom stereocenters. The second-order valence-electron chi connectivity index (χ2n) is 5.76. The Labute approximate surface area is 119 Å². The van der Waals surface area contributed by atoms with Crippen LogP contribution >= 0.6 is 11.6 Å². The quantitative estimate of drug-likeness (QED) is 0.925. The largest absolute Gasteiger partial charge is 0.334 e. The van der Waals surface area contributed by atoms with Gasteiger partial charge in [0.25, 0.3) is 0 Å². The zero-order valence-corrected chi connectivity index (χ0v) is 12.4. The van der Waals surface area contributed by atoms with Crippen LogP contribution in [0, 0.1) is 12.8 Å². The van der Waals surface area contributed by atoms with Crippen LogP contribution in [-0.2, 0) is 4.79 Å². The summed E-state index contributed by atoms with van der Waals surface area (Å²) in [5.74, 6) is 0.570. The van der Waals surface area contributed by atoms with Gasteiger partial charge in [0.1, 0.15) is 0 Å². The van der Waals surface area contributed by atoms with Gasteiger partial charge in [0, 0.05) is 24.0 Å². The van der Waals surface area contributed by atoms with Crippen LogP contribution in [0.2, 0.25) is 5.02 Å². The van der Waals surface area contributed by atoms with Crippen LogP contribution in [-0.4, -0.2) is 23.4 Å². The first-order valence-corrected chi connectivity index (χ1v) is 7.09. The maximum absolute atomic E-state index is 12.1. The average Bonchev–Trinajstić information content (AvgIpc) is 2.57. The van der Waals surface area contributed by atoms with Gasteiger partial charge in [-0.2, -0.15) is 0 Å². The summed E-state index contributed by atoms with van der Waals surface area (Å²) in [4.78, 5) is 14.0. The van der Waals surface area contributed by atoms with Crippen molar-refractivity contribution in [3.8, 4) is 0 Å². The third-order valence-corrected chi connectivity index (χ3v) is 3.98. The zero-order chi connectivity index (χ0) is 14.2. The van der Waals surface area contributed by atoms with E-state index in [1.807, 2.05) is 30.0 Å². The van der Waals surface area contributed by atoms with Crippen LogP contribution in [0.3, 0.4) is 0 Å². The average molecular weight is 281 g/mol. The van der Waals surface area contributed by atoms with Gasteiger partial charge in [-0.15, -0.1) is 0 Å². The maximum Gasteiger partial charge on any atom is 0.224 e. The fraction of sp³-hybridized carbons (Fsp3) is 0.533. The lowest BCUT2D eigenvalue weighted by molar-refractivity contribution is -0.129. The lowest BCUT2D eigenvalue weighted by Crippen LogP contribution is -2.35. The number of amides is 1. The van der Waals surface area contributed by atoms with E-state index in [0.29, 0.717) is 12.3 Å². The molecule has 1 amide bonds. The van der Waals surface area contributed by atoms with Gasteiger partial charge in [0.05, 0.1) is 6.04 Å². The summed E-state index contributed by atoms with van der Waals surface area (Å²) in [7, 11) is 0. The molecule has 1 fully saturated rings. The van der Waals surface area contributed by atoms with Crippen LogP contribution in [0.5, 0.6) is 0 Å². The standard InChI is InChI=1S/C15H21ClN2O/c1-9(2)8-18-14(19)7-13(17)15(18)11-5-4-10(3)12(16)6-11/h4-6,9,13,15H,7-8,17H2,1-3H3. The van der Waals surface area contributed by atoms with Crippen LogP contribution < -0.4 is 5.73 Å². The summed E-state index contributed by atoms with van der Waals surface area (Å²) in [6, 6.07) is 5.75. The monoisotopic (exact) mass is 280 g/mol. The number of carbonyl (C=O) groups is 1. The molecule has 1 aliphatic heterocycles. The predicted molar refractivity (Wildman–Crippen MR) is 78.1 cm³/mol. The topological polar surface area (TPSA) is 46.3 Å². The third-order valence-electron chi connectivity index (χ3n) is 3.57. The minimum atomic E-state index is -0.148. The molecule has 3 nitrogen and oxygen atoms in total. The van der Waals surface area contributed by atoms with Crippen molar-refractivity contribution >= 4 is 17.5 Å². The lowest BCUT2D eigenvalue weighted by Gasteiger charge is -2.29. The van der Waals surface area contributed by atoms with E-state index in [1.165, 1.54) is 0 Å². The van der Waals surface area contributed by atoms with Crippen molar-refractivity contribution in [2.75, 3.05) is 6.54 Å². The number of halogens is 1. The van der Waals surface area contributed by atoms with Crippen LogP contribution in [0.25, 0.3) is 0 Å². The number of likely N-dealkylation sites (tertiary alicyclic amines) is 1. The minimum absolute atomic E-state index is 0.0481. The Bertz CT molecular complexity index is 487. The second kappa shape index (κ2) is 5.51. The minimum Gasteiger partial charge on any atom is -0.334 e. The van der Waals surface area contributed by atoms with Gasteiger partial charge in [-0.05, 0) is 30.0 Å². The Morgan fingerprint density at radius 2 is 2.16 bits per heavy atom. The maximum atomic E-state index is 12.1. The molecule has 1 heterocycles. The molecule has 19 heavy (non-hydrogen) atoms. The number of nitrogens with two attached hydrogens (primary N) is 1. The van der Waals surface area contributed by atoms with Gasteiger partial charge in [-0.1, -0.05) is 37.6 Å². The van der Waals surface area contributed by atoms with E-state index in [9.17, 15) is 4.79 Å². The Morgan fingerprint density at radius 1 is 1.47 bits per heavy atom. The van der Waals surface area contributed by atoms with E-state index in [2.05, 4.69) is 13.8 Å². The number of hydrogen-bond acceptors (Lipinski definition) is 2. The molecule has 0 radical (unpaired) electrons. The van der Waals surface area contributed by atoms with Crippen molar-refractivity contribution in [3.63, 3.8) is 0 Å². The van der Waals surface area contributed by atoms with Gasteiger partial charge in [0.2, 0.25) is 5.91 Å². The van der Waals surface area contributed by atoms with Crippen molar-refractivity contribution in [1.82, 2.24) is 4.90 Å². The molecule has 0 spiro atoms. The van der Waals surface area contributed by atoms with E-state index in [4.69, 9.17) is 17.3 Å². The van der Waals surface area contributed by atoms with E-state index in [1.54, 1.807) is 0 Å². The molecule has 104 valence electrons. The van der Waals surface area contributed by atoms with Crippen LogP contribution in [0.1, 0.15) is 37.4 Å². The van der Waals surface area contributed by atoms with Gasteiger partial charge in [-0.25, -0.2) is 0 Å². The first-order chi connectivity index (χ1) is 8.90. The Hall–Kier alpha value is -1.06. The highest BCUT2D eigenvalue weighted by Crippen LogP contribution is 2.34. The molecule has 2 rings (SSSR count). The molecular weight excluding hydrogens is 260 g/mol. The molecule has 1 aromatic rings. The molecule has 0 bridgehead atoms. The summed E-state index contributed by atoms with van der Waals surface area (Å²) >= 11 is 6.19. The summed E-state index contributed by atoms with van der Waals surface area (Å²) in [5.41, 5.74) is 8.23. The van der Waals surface area contributed by atoms with E-state index < -0.39 is 0 Å². The van der Waals surface area contributed by atoms with Crippen LogP contribution in [0.15, 0.2) is 18.2 Å². The van der Waals surface area contributed by atoms with Gasteiger partial charge >= 0.3 is 0 Å². The number of benzene rings is 1. The summed E-state index contributed by atoms with van der Waals surface area (Å²) in [6.07, 6.45) is 0.420. The first-order valence-electron chi connectivity index (χ1n) is 6.71. The van der Waals surface area contributed by atoms with Crippen molar-refractivity contribution in [1.29, 1.82) is 0 Å². The summed E-state index contributed by atoms with van der Waals surface area (Å²) in [6.45, 7) is 6.92. The molecule has 0 saturated carbocycles. The fourth-order valence-electron chi connectivity index (χ4n) is 2.65. The van der Waals surface area contributed by atoms with E-state index >= 15 is 0 Å². The van der Waals surface area contributed by atoms with Gasteiger partial charge < -0.3 is 10.6 Å². The second-order valence-corrected chi connectivity index (χ2v) is 6.17. The third kappa shape index (κ3) is 2.93.